The molecule has 3 aromatic rings. The van der Waals surface area contributed by atoms with Gasteiger partial charge in [0.15, 0.2) is 6.61 Å². The molecule has 0 atom stereocenters. The molecule has 138 valence electrons. The number of benzene rings is 3. The number of esters is 1. The summed E-state index contributed by atoms with van der Waals surface area (Å²) in [6.07, 6.45) is 0. The molecule has 6 nitrogen and oxygen atoms in total. The van der Waals surface area contributed by atoms with Gasteiger partial charge in [-0.15, -0.1) is 0 Å². The van der Waals surface area contributed by atoms with E-state index in [1.807, 2.05) is 36.4 Å². The van der Waals surface area contributed by atoms with Gasteiger partial charge in [-0.2, -0.15) is 0 Å². The van der Waals surface area contributed by atoms with Gasteiger partial charge in [0.1, 0.15) is 17.1 Å². The first kappa shape index (κ1) is 18.3. The molecule has 0 heterocycles. The molecule has 0 aliphatic rings. The number of ether oxygens (including phenoxy) is 3. The lowest BCUT2D eigenvalue weighted by molar-refractivity contribution is -0.119. The van der Waals surface area contributed by atoms with Crippen LogP contribution in [0, 0.1) is 0 Å². The van der Waals surface area contributed by atoms with E-state index in [1.54, 1.807) is 18.2 Å². The summed E-state index contributed by atoms with van der Waals surface area (Å²) >= 11 is 0. The number of rotatable bonds is 6. The van der Waals surface area contributed by atoms with Gasteiger partial charge in [-0.05, 0) is 41.1 Å². The van der Waals surface area contributed by atoms with Gasteiger partial charge in [-0.1, -0.05) is 30.3 Å². The molecule has 6 heteroatoms. The molecule has 0 fully saturated rings. The summed E-state index contributed by atoms with van der Waals surface area (Å²) in [5.41, 5.74) is 0.823. The molecule has 0 spiro atoms. The first-order valence-electron chi connectivity index (χ1n) is 8.28. The van der Waals surface area contributed by atoms with Crippen molar-refractivity contribution in [2.75, 3.05) is 26.1 Å². The van der Waals surface area contributed by atoms with E-state index in [1.165, 1.54) is 20.3 Å². The van der Waals surface area contributed by atoms with Gasteiger partial charge in [-0.3, -0.25) is 4.79 Å². The maximum absolute atomic E-state index is 12.3. The minimum Gasteiger partial charge on any atom is -0.497 e. The van der Waals surface area contributed by atoms with Crippen LogP contribution in [0.15, 0.2) is 60.7 Å². The predicted molar refractivity (Wildman–Crippen MR) is 102 cm³/mol. The van der Waals surface area contributed by atoms with Crippen LogP contribution in [0.1, 0.15) is 10.4 Å². The van der Waals surface area contributed by atoms with Crippen LogP contribution in [0.2, 0.25) is 0 Å². The van der Waals surface area contributed by atoms with Gasteiger partial charge in [0.25, 0.3) is 5.91 Å². The highest BCUT2D eigenvalue weighted by atomic mass is 16.5. The molecule has 0 aliphatic heterocycles. The van der Waals surface area contributed by atoms with Crippen LogP contribution in [-0.4, -0.2) is 32.7 Å². The third-order valence-electron chi connectivity index (χ3n) is 3.99. The molecule has 0 aliphatic carbocycles. The Labute approximate surface area is 156 Å². The van der Waals surface area contributed by atoms with Crippen LogP contribution in [-0.2, 0) is 9.53 Å². The monoisotopic (exact) mass is 365 g/mol. The molecule has 27 heavy (non-hydrogen) atoms. The topological polar surface area (TPSA) is 73.9 Å². The number of carbonyl (C=O) groups excluding carboxylic acids is 2. The molecule has 0 bridgehead atoms. The van der Waals surface area contributed by atoms with E-state index >= 15 is 0 Å². The van der Waals surface area contributed by atoms with E-state index < -0.39 is 18.5 Å². The Morgan fingerprint density at radius 2 is 1.67 bits per heavy atom. The molecule has 0 unspecified atom stereocenters. The number of nitrogens with one attached hydrogen (secondary N) is 1. The van der Waals surface area contributed by atoms with E-state index in [2.05, 4.69) is 5.32 Å². The Kier molecular flexibility index (Phi) is 5.56. The Morgan fingerprint density at radius 1 is 0.889 bits per heavy atom. The van der Waals surface area contributed by atoms with Crippen molar-refractivity contribution in [1.82, 2.24) is 0 Å². The molecule has 0 radical (unpaired) electrons. The van der Waals surface area contributed by atoms with Crippen molar-refractivity contribution >= 4 is 28.3 Å². The molecule has 0 saturated heterocycles. The van der Waals surface area contributed by atoms with Gasteiger partial charge in [-0.25, -0.2) is 4.79 Å². The summed E-state index contributed by atoms with van der Waals surface area (Å²) in [5, 5.41) is 4.80. The second-order valence-electron chi connectivity index (χ2n) is 5.75. The van der Waals surface area contributed by atoms with E-state index in [9.17, 15) is 9.59 Å². The largest absolute Gasteiger partial charge is 0.497 e. The normalized spacial score (nSPS) is 10.3. The average molecular weight is 365 g/mol. The highest BCUT2D eigenvalue weighted by molar-refractivity contribution is 5.98. The van der Waals surface area contributed by atoms with Crippen LogP contribution in [0.5, 0.6) is 11.5 Å². The van der Waals surface area contributed by atoms with E-state index in [-0.39, 0.29) is 5.56 Å². The molecule has 1 amide bonds. The fourth-order valence-corrected chi connectivity index (χ4v) is 2.65. The van der Waals surface area contributed by atoms with Gasteiger partial charge in [0.05, 0.1) is 14.2 Å². The quantitative estimate of drug-likeness (QED) is 0.675. The van der Waals surface area contributed by atoms with Crippen LogP contribution < -0.4 is 14.8 Å². The van der Waals surface area contributed by atoms with Gasteiger partial charge >= 0.3 is 5.97 Å². The fraction of sp³-hybridized carbons (Fsp3) is 0.143. The van der Waals surface area contributed by atoms with Crippen molar-refractivity contribution in [2.24, 2.45) is 0 Å². The summed E-state index contributed by atoms with van der Waals surface area (Å²) in [6, 6.07) is 18.2. The van der Waals surface area contributed by atoms with E-state index in [0.29, 0.717) is 17.2 Å². The number of anilines is 1. The third-order valence-corrected chi connectivity index (χ3v) is 3.99. The molecule has 3 aromatic carbocycles. The maximum Gasteiger partial charge on any atom is 0.342 e. The number of amides is 1. The SMILES string of the molecule is COc1ccc(OC)c(C(=O)OCC(=O)Nc2ccc3ccccc3c2)c1. The zero-order valence-electron chi connectivity index (χ0n) is 15.0. The zero-order valence-corrected chi connectivity index (χ0v) is 15.0. The van der Waals surface area contributed by atoms with Gasteiger partial charge in [0.2, 0.25) is 0 Å². The van der Waals surface area contributed by atoms with Gasteiger partial charge < -0.3 is 19.5 Å². The Hall–Kier alpha value is -3.54. The molecule has 3 rings (SSSR count). The standard InChI is InChI=1S/C21H19NO5/c1-25-17-9-10-19(26-2)18(12-17)21(24)27-13-20(23)22-16-8-7-14-5-3-4-6-15(14)11-16/h3-12H,13H2,1-2H3,(H,22,23). The van der Waals surface area contributed by atoms with Crippen LogP contribution in [0.25, 0.3) is 10.8 Å². The summed E-state index contributed by atoms with van der Waals surface area (Å²) in [7, 11) is 2.94. The van der Waals surface area contributed by atoms with Crippen LogP contribution in [0.3, 0.4) is 0 Å². The summed E-state index contributed by atoms with van der Waals surface area (Å²) in [6.45, 7) is -0.411. The molecule has 1 N–H and O–H groups in total. The molecular weight excluding hydrogens is 346 g/mol. The van der Waals surface area contributed by atoms with Crippen molar-refractivity contribution < 1.29 is 23.8 Å². The minimum absolute atomic E-state index is 0.190. The first-order valence-corrected chi connectivity index (χ1v) is 8.28. The number of fused-ring (bicyclic) bond motifs is 1. The van der Waals surface area contributed by atoms with Crippen molar-refractivity contribution in [3.63, 3.8) is 0 Å². The average Bonchev–Trinajstić information content (AvgIpc) is 2.71. The second kappa shape index (κ2) is 8.23. The summed E-state index contributed by atoms with van der Waals surface area (Å²) in [5.74, 6) is -0.265. The Morgan fingerprint density at radius 3 is 2.41 bits per heavy atom. The number of hydrogen-bond acceptors (Lipinski definition) is 5. The molecular formula is C21H19NO5. The van der Waals surface area contributed by atoms with E-state index in [0.717, 1.165) is 10.8 Å². The third kappa shape index (κ3) is 4.36. The van der Waals surface area contributed by atoms with Crippen LogP contribution in [0.4, 0.5) is 5.69 Å². The fourth-order valence-electron chi connectivity index (χ4n) is 2.65. The summed E-state index contributed by atoms with van der Waals surface area (Å²) in [4.78, 5) is 24.4. The lowest BCUT2D eigenvalue weighted by atomic mass is 10.1. The number of hydrogen-bond donors (Lipinski definition) is 1. The lowest BCUT2D eigenvalue weighted by Gasteiger charge is -2.11. The Balaban J connectivity index is 1.63. The smallest absolute Gasteiger partial charge is 0.342 e. The van der Waals surface area contributed by atoms with Crippen molar-refractivity contribution in [3.8, 4) is 11.5 Å². The van der Waals surface area contributed by atoms with Crippen molar-refractivity contribution in [2.45, 2.75) is 0 Å². The minimum atomic E-state index is -0.667. The second-order valence-corrected chi connectivity index (χ2v) is 5.75. The number of carbonyl (C=O) groups is 2. The Bertz CT molecular complexity index is 983. The number of methoxy groups -OCH3 is 2. The van der Waals surface area contributed by atoms with E-state index in [4.69, 9.17) is 14.2 Å². The van der Waals surface area contributed by atoms with Crippen LogP contribution >= 0.6 is 0 Å². The molecule has 0 saturated carbocycles. The lowest BCUT2D eigenvalue weighted by Crippen LogP contribution is -2.21. The maximum atomic E-state index is 12.3. The molecule has 0 aromatic heterocycles. The highest BCUT2D eigenvalue weighted by Gasteiger charge is 2.16. The van der Waals surface area contributed by atoms with Gasteiger partial charge in [0, 0.05) is 5.69 Å². The predicted octanol–water partition coefficient (Wildman–Crippen LogP) is 3.65. The first-order chi connectivity index (χ1) is 13.1. The van der Waals surface area contributed by atoms with Crippen molar-refractivity contribution in [1.29, 1.82) is 0 Å². The highest BCUT2D eigenvalue weighted by Crippen LogP contribution is 2.24. The van der Waals surface area contributed by atoms with Crippen molar-refractivity contribution in [3.05, 3.63) is 66.2 Å². The zero-order chi connectivity index (χ0) is 19.2. The summed E-state index contributed by atoms with van der Waals surface area (Å²) < 4.78 is 15.4.